The van der Waals surface area contributed by atoms with Crippen LogP contribution < -0.4 is 4.90 Å². The van der Waals surface area contributed by atoms with Gasteiger partial charge in [0.2, 0.25) is 5.89 Å². The molecule has 1 atom stereocenters. The van der Waals surface area contributed by atoms with Crippen molar-refractivity contribution in [3.8, 4) is 6.07 Å². The monoisotopic (exact) mass is 300 g/mol. The maximum atomic E-state index is 14.3. The third kappa shape index (κ3) is 2.54. The second-order valence-electron chi connectivity index (χ2n) is 5.77. The smallest absolute Gasteiger partial charge is 0.229 e. The van der Waals surface area contributed by atoms with Gasteiger partial charge in [-0.1, -0.05) is 19.0 Å². The van der Waals surface area contributed by atoms with Crippen LogP contribution in [0.5, 0.6) is 0 Å². The van der Waals surface area contributed by atoms with Crippen molar-refractivity contribution in [1.82, 2.24) is 10.1 Å². The van der Waals surface area contributed by atoms with Gasteiger partial charge in [0.05, 0.1) is 23.4 Å². The molecule has 114 valence electrons. The molecule has 0 saturated carbocycles. The third-order valence-electron chi connectivity index (χ3n) is 3.89. The van der Waals surface area contributed by atoms with Crippen molar-refractivity contribution in [2.75, 3.05) is 11.4 Å². The molecular formula is C16H17FN4O. The highest BCUT2D eigenvalue weighted by Gasteiger charge is 2.32. The molecule has 1 aliphatic heterocycles. The van der Waals surface area contributed by atoms with E-state index in [0.717, 1.165) is 19.4 Å². The highest BCUT2D eigenvalue weighted by Crippen LogP contribution is 2.36. The van der Waals surface area contributed by atoms with Crippen molar-refractivity contribution in [2.24, 2.45) is 0 Å². The highest BCUT2D eigenvalue weighted by molar-refractivity contribution is 5.53. The van der Waals surface area contributed by atoms with Gasteiger partial charge in [0.1, 0.15) is 5.82 Å². The highest BCUT2D eigenvalue weighted by atomic mass is 19.1. The maximum absolute atomic E-state index is 14.3. The van der Waals surface area contributed by atoms with E-state index >= 15 is 0 Å². The fraction of sp³-hybridized carbons (Fsp3) is 0.438. The largest absolute Gasteiger partial charge is 0.359 e. The number of rotatable bonds is 3. The van der Waals surface area contributed by atoms with Crippen LogP contribution in [0.3, 0.4) is 0 Å². The van der Waals surface area contributed by atoms with Crippen LogP contribution >= 0.6 is 0 Å². The third-order valence-corrected chi connectivity index (χ3v) is 3.89. The molecule has 22 heavy (non-hydrogen) atoms. The van der Waals surface area contributed by atoms with Crippen LogP contribution in [0, 0.1) is 17.1 Å². The molecule has 3 rings (SSSR count). The standard InChI is InChI=1S/C16H17FN4O/c1-10(2)16-19-15(20-22-16)14-4-3-7-21(14)13-6-5-11(9-18)8-12(13)17/h5-6,8,10,14H,3-4,7H2,1-2H3. The van der Waals surface area contributed by atoms with E-state index in [1.165, 1.54) is 6.07 Å². The second kappa shape index (κ2) is 5.76. The summed E-state index contributed by atoms with van der Waals surface area (Å²) in [5.74, 6) is 0.980. The number of benzene rings is 1. The van der Waals surface area contributed by atoms with Gasteiger partial charge in [-0.05, 0) is 31.0 Å². The average Bonchev–Trinajstić information content (AvgIpc) is 3.15. The summed E-state index contributed by atoms with van der Waals surface area (Å²) >= 11 is 0. The maximum Gasteiger partial charge on any atom is 0.229 e. The number of hydrogen-bond acceptors (Lipinski definition) is 5. The van der Waals surface area contributed by atoms with Gasteiger partial charge in [0, 0.05) is 12.5 Å². The summed E-state index contributed by atoms with van der Waals surface area (Å²) in [5.41, 5.74) is 0.802. The molecule has 2 heterocycles. The number of nitrogens with zero attached hydrogens (tertiary/aromatic N) is 4. The van der Waals surface area contributed by atoms with E-state index in [9.17, 15) is 4.39 Å². The SMILES string of the molecule is CC(C)c1nc(C2CCCN2c2ccc(C#N)cc2F)no1. The normalized spacial score (nSPS) is 18.0. The number of halogens is 1. The second-order valence-corrected chi connectivity index (χ2v) is 5.77. The molecule has 1 fully saturated rings. The predicted octanol–water partition coefficient (Wildman–Crippen LogP) is 3.55. The van der Waals surface area contributed by atoms with Gasteiger partial charge in [-0.2, -0.15) is 10.2 Å². The number of hydrogen-bond donors (Lipinski definition) is 0. The lowest BCUT2D eigenvalue weighted by molar-refractivity contribution is 0.358. The van der Waals surface area contributed by atoms with E-state index in [0.29, 0.717) is 23.0 Å². The van der Waals surface area contributed by atoms with Crippen LogP contribution in [0.1, 0.15) is 55.9 Å². The molecule has 6 heteroatoms. The van der Waals surface area contributed by atoms with Gasteiger partial charge >= 0.3 is 0 Å². The summed E-state index contributed by atoms with van der Waals surface area (Å²) in [6.45, 7) is 4.72. The minimum absolute atomic E-state index is 0.0846. The van der Waals surface area contributed by atoms with Crippen molar-refractivity contribution < 1.29 is 8.91 Å². The molecule has 1 saturated heterocycles. The Bertz CT molecular complexity index is 719. The van der Waals surface area contributed by atoms with Gasteiger partial charge in [-0.25, -0.2) is 4.39 Å². The Kier molecular flexibility index (Phi) is 3.80. The van der Waals surface area contributed by atoms with Crippen LogP contribution in [0.4, 0.5) is 10.1 Å². The zero-order valence-electron chi connectivity index (χ0n) is 12.6. The van der Waals surface area contributed by atoms with Crippen LogP contribution in [-0.2, 0) is 0 Å². The summed E-state index contributed by atoms with van der Waals surface area (Å²) < 4.78 is 19.5. The van der Waals surface area contributed by atoms with E-state index in [2.05, 4.69) is 10.1 Å². The zero-order chi connectivity index (χ0) is 15.7. The molecule has 0 amide bonds. The summed E-state index contributed by atoms with van der Waals surface area (Å²) in [4.78, 5) is 6.39. The first-order chi connectivity index (χ1) is 10.6. The summed E-state index contributed by atoms with van der Waals surface area (Å²) in [6, 6.07) is 6.40. The summed E-state index contributed by atoms with van der Waals surface area (Å²) in [5, 5.41) is 12.9. The lowest BCUT2D eigenvalue weighted by Crippen LogP contribution is -2.24. The molecular weight excluding hydrogens is 283 g/mol. The number of nitriles is 1. The van der Waals surface area contributed by atoms with Crippen LogP contribution in [0.25, 0.3) is 0 Å². The van der Waals surface area contributed by atoms with Gasteiger partial charge in [0.15, 0.2) is 5.82 Å². The van der Waals surface area contributed by atoms with E-state index in [1.807, 2.05) is 24.8 Å². The van der Waals surface area contributed by atoms with E-state index in [1.54, 1.807) is 12.1 Å². The predicted molar refractivity (Wildman–Crippen MR) is 78.8 cm³/mol. The Labute approximate surface area is 128 Å². The Balaban J connectivity index is 1.91. The van der Waals surface area contributed by atoms with Crippen molar-refractivity contribution in [2.45, 2.75) is 38.6 Å². The summed E-state index contributed by atoms with van der Waals surface area (Å²) in [6.07, 6.45) is 1.80. The minimum atomic E-state index is -0.390. The van der Waals surface area contributed by atoms with Crippen molar-refractivity contribution >= 4 is 5.69 Å². The molecule has 0 aliphatic carbocycles. The molecule has 1 aromatic carbocycles. The van der Waals surface area contributed by atoms with Crippen molar-refractivity contribution in [1.29, 1.82) is 5.26 Å². The summed E-state index contributed by atoms with van der Waals surface area (Å²) in [7, 11) is 0. The van der Waals surface area contributed by atoms with Gasteiger partial charge < -0.3 is 9.42 Å². The minimum Gasteiger partial charge on any atom is -0.359 e. The Hall–Kier alpha value is -2.42. The Morgan fingerprint density at radius 3 is 2.91 bits per heavy atom. The van der Waals surface area contributed by atoms with Crippen molar-refractivity contribution in [3.05, 3.63) is 41.3 Å². The number of aromatic nitrogens is 2. The molecule has 1 aromatic heterocycles. The molecule has 0 bridgehead atoms. The van der Waals surface area contributed by atoms with E-state index in [-0.39, 0.29) is 12.0 Å². The van der Waals surface area contributed by atoms with Crippen molar-refractivity contribution in [3.63, 3.8) is 0 Å². The van der Waals surface area contributed by atoms with E-state index in [4.69, 9.17) is 9.78 Å². The van der Waals surface area contributed by atoms with Crippen LogP contribution in [0.2, 0.25) is 0 Å². The molecule has 0 spiro atoms. The fourth-order valence-electron chi connectivity index (χ4n) is 2.75. The van der Waals surface area contributed by atoms with Gasteiger partial charge in [0.25, 0.3) is 0 Å². The van der Waals surface area contributed by atoms with Crippen LogP contribution in [-0.4, -0.2) is 16.7 Å². The van der Waals surface area contributed by atoms with Crippen LogP contribution in [0.15, 0.2) is 22.7 Å². The topological polar surface area (TPSA) is 66.0 Å². The molecule has 5 nitrogen and oxygen atoms in total. The first-order valence-corrected chi connectivity index (χ1v) is 7.40. The quantitative estimate of drug-likeness (QED) is 0.867. The first-order valence-electron chi connectivity index (χ1n) is 7.40. The fourth-order valence-corrected chi connectivity index (χ4v) is 2.75. The number of anilines is 1. The molecule has 1 aliphatic rings. The first kappa shape index (κ1) is 14.5. The molecule has 0 N–H and O–H groups in total. The van der Waals surface area contributed by atoms with E-state index < -0.39 is 5.82 Å². The molecule has 0 radical (unpaired) electrons. The average molecular weight is 300 g/mol. The Morgan fingerprint density at radius 2 is 2.27 bits per heavy atom. The van der Waals surface area contributed by atoms with Gasteiger partial charge in [-0.3, -0.25) is 0 Å². The lowest BCUT2D eigenvalue weighted by atomic mass is 10.1. The molecule has 2 aromatic rings. The lowest BCUT2D eigenvalue weighted by Gasteiger charge is -2.24. The Morgan fingerprint density at radius 1 is 1.45 bits per heavy atom. The van der Waals surface area contributed by atoms with Gasteiger partial charge in [-0.15, -0.1) is 0 Å². The zero-order valence-corrected chi connectivity index (χ0v) is 12.6. The molecule has 1 unspecified atom stereocenters.